The lowest BCUT2D eigenvalue weighted by molar-refractivity contribution is -0.157. The maximum absolute atomic E-state index is 13.2. The molecule has 204 valence electrons. The van der Waals surface area contributed by atoms with Crippen LogP contribution < -0.4 is 11.1 Å². The van der Waals surface area contributed by atoms with Gasteiger partial charge in [-0.1, -0.05) is 17.3 Å². The van der Waals surface area contributed by atoms with E-state index in [1.165, 1.54) is 39.8 Å². The van der Waals surface area contributed by atoms with Gasteiger partial charge in [0.1, 0.15) is 28.6 Å². The molecule has 2 fully saturated rings. The number of hydrogen-bond donors (Lipinski definition) is 3. The topological polar surface area (TPSA) is 160 Å². The Morgan fingerprint density at radius 2 is 2.31 bits per heavy atom. The maximum atomic E-state index is 13.2. The minimum atomic E-state index is -1.11. The number of aliphatic carboxylic acids is 1. The van der Waals surface area contributed by atoms with Crippen LogP contribution in [-0.4, -0.2) is 79.0 Å². The van der Waals surface area contributed by atoms with Gasteiger partial charge in [-0.25, -0.2) is 4.98 Å². The van der Waals surface area contributed by atoms with Gasteiger partial charge in [0.25, 0.3) is 5.91 Å². The Morgan fingerprint density at radius 1 is 1.44 bits per heavy atom. The second-order valence-corrected chi connectivity index (χ2v) is 12.2. The Hall–Kier alpha value is -3.36. The zero-order valence-corrected chi connectivity index (χ0v) is 23.1. The van der Waals surface area contributed by atoms with Gasteiger partial charge in [0.15, 0.2) is 10.8 Å². The van der Waals surface area contributed by atoms with Crippen molar-refractivity contribution >= 4 is 69.6 Å². The number of hydrogen-bond acceptors (Lipinski definition) is 11. The molecule has 1 aliphatic carbocycles. The number of carboxylic acids is 1. The largest absolute Gasteiger partial charge is 0.481 e. The average Bonchev–Trinajstić information content (AvgIpc) is 3.62. The van der Waals surface area contributed by atoms with Crippen LogP contribution in [0.15, 0.2) is 52.6 Å². The predicted molar refractivity (Wildman–Crippen MR) is 152 cm³/mol. The van der Waals surface area contributed by atoms with E-state index in [1.807, 2.05) is 35.8 Å². The SMILES string of the molecule is Nc1nc(C(=NOC2C=CCC2)C(=O)NC2C(=O)N3CC(CSC=Cc4cccnc4)(C(=O)O)CS[C@H]23)cs1. The fraction of sp³-hybridized carbons (Fsp3) is 0.360. The molecule has 11 nitrogen and oxygen atoms in total. The summed E-state index contributed by atoms with van der Waals surface area (Å²) in [5.74, 6) is -1.29. The molecule has 2 aromatic rings. The van der Waals surface area contributed by atoms with Crippen LogP contribution in [0.5, 0.6) is 0 Å². The van der Waals surface area contributed by atoms with Crippen LogP contribution in [0.4, 0.5) is 5.13 Å². The Balaban J connectivity index is 1.22. The van der Waals surface area contributed by atoms with Crippen molar-refractivity contribution in [3.63, 3.8) is 0 Å². The first kappa shape index (κ1) is 27.2. The molecule has 3 aliphatic rings. The number of carbonyl (C=O) groups excluding carboxylic acids is 2. The van der Waals surface area contributed by atoms with Crippen LogP contribution >= 0.6 is 34.9 Å². The lowest BCUT2D eigenvalue weighted by Crippen LogP contribution is -2.74. The molecule has 2 aliphatic heterocycles. The average molecular weight is 587 g/mol. The van der Waals surface area contributed by atoms with Crippen LogP contribution in [0.25, 0.3) is 6.08 Å². The Labute approximate surface area is 237 Å². The highest BCUT2D eigenvalue weighted by Gasteiger charge is 2.57. The summed E-state index contributed by atoms with van der Waals surface area (Å²) >= 11 is 3.90. The lowest BCUT2D eigenvalue weighted by atomic mass is 9.89. The van der Waals surface area contributed by atoms with Crippen molar-refractivity contribution in [2.75, 3.05) is 23.8 Å². The van der Waals surface area contributed by atoms with Gasteiger partial charge in [0, 0.05) is 35.8 Å². The second-order valence-electron chi connectivity index (χ2n) is 9.26. The minimum Gasteiger partial charge on any atom is -0.481 e. The van der Waals surface area contributed by atoms with Crippen molar-refractivity contribution in [3.8, 4) is 0 Å². The van der Waals surface area contributed by atoms with Gasteiger partial charge >= 0.3 is 5.97 Å². The number of fused-ring (bicyclic) bond motifs is 1. The minimum absolute atomic E-state index is 0.0630. The normalized spacial score (nSPS) is 26.4. The van der Waals surface area contributed by atoms with Crippen molar-refractivity contribution < 1.29 is 24.3 Å². The fourth-order valence-electron chi connectivity index (χ4n) is 4.34. The van der Waals surface area contributed by atoms with Crippen LogP contribution in [0.3, 0.4) is 0 Å². The standard InChI is InChI=1S/C25H26N6O5S3/c26-24-28-17(11-38-24)18(30-36-16-5-1-2-6-16)20(32)29-19-21(33)31-12-25(23(34)35,14-39-22(19)31)13-37-9-7-15-4-3-8-27-10-15/h1,3-5,7-11,16,19,22H,2,6,12-14H2,(H2,26,28)(H,29,32)(H,34,35)/t16?,19?,22-,25?/m1/s1. The van der Waals surface area contributed by atoms with E-state index < -0.39 is 23.3 Å². The van der Waals surface area contributed by atoms with Crippen molar-refractivity contribution in [1.82, 2.24) is 20.2 Å². The number of pyridine rings is 1. The van der Waals surface area contributed by atoms with Gasteiger partial charge in [0.05, 0.1) is 0 Å². The number of aromatic nitrogens is 2. The van der Waals surface area contributed by atoms with Gasteiger partial charge in [-0.3, -0.25) is 19.4 Å². The lowest BCUT2D eigenvalue weighted by Gasteiger charge is -2.53. The first-order chi connectivity index (χ1) is 18.9. The highest BCUT2D eigenvalue weighted by molar-refractivity contribution is 8.02. The number of carboxylic acid groups (broad SMARTS) is 1. The molecule has 4 heterocycles. The molecule has 2 aromatic heterocycles. The van der Waals surface area contributed by atoms with Crippen molar-refractivity contribution in [2.24, 2.45) is 10.6 Å². The smallest absolute Gasteiger partial charge is 0.313 e. The van der Waals surface area contributed by atoms with Gasteiger partial charge in [-0.05, 0) is 42.0 Å². The van der Waals surface area contributed by atoms with Crippen molar-refractivity contribution in [1.29, 1.82) is 0 Å². The molecule has 4 N–H and O–H groups in total. The number of thioether (sulfide) groups is 2. The molecule has 2 saturated heterocycles. The first-order valence-electron chi connectivity index (χ1n) is 12.1. The molecule has 3 unspecified atom stereocenters. The number of nitrogens with two attached hydrogens (primary N) is 1. The molecule has 0 aromatic carbocycles. The number of β-lactam (4-membered cyclic amide) rings is 1. The first-order valence-corrected chi connectivity index (χ1v) is 15.1. The molecule has 4 atom stereocenters. The van der Waals surface area contributed by atoms with Crippen LogP contribution in [0.2, 0.25) is 0 Å². The predicted octanol–water partition coefficient (Wildman–Crippen LogP) is 2.43. The van der Waals surface area contributed by atoms with Crippen LogP contribution in [0, 0.1) is 5.41 Å². The van der Waals surface area contributed by atoms with Crippen LogP contribution in [0.1, 0.15) is 24.1 Å². The third-order valence-corrected chi connectivity index (χ3v) is 9.82. The molecular formula is C25H26N6O5S3. The summed E-state index contributed by atoms with van der Waals surface area (Å²) in [5.41, 5.74) is 5.76. The number of carbonyl (C=O) groups is 3. The summed E-state index contributed by atoms with van der Waals surface area (Å²) in [6.45, 7) is 0.0691. The third kappa shape index (κ3) is 5.97. The summed E-state index contributed by atoms with van der Waals surface area (Å²) in [4.78, 5) is 53.8. The fourth-order valence-corrected chi connectivity index (χ4v) is 7.54. The molecule has 0 saturated carbocycles. The number of rotatable bonds is 10. The summed E-state index contributed by atoms with van der Waals surface area (Å²) in [6.07, 6.45) is 10.5. The van der Waals surface area contributed by atoms with Gasteiger partial charge < -0.3 is 25.9 Å². The van der Waals surface area contributed by atoms with Gasteiger partial charge in [0.2, 0.25) is 5.91 Å². The molecular weight excluding hydrogens is 561 g/mol. The van der Waals surface area contributed by atoms with E-state index in [0.717, 1.165) is 18.4 Å². The molecule has 39 heavy (non-hydrogen) atoms. The zero-order chi connectivity index (χ0) is 27.4. The van der Waals surface area contributed by atoms with E-state index in [9.17, 15) is 19.5 Å². The molecule has 0 bridgehead atoms. The Bertz CT molecular complexity index is 1330. The van der Waals surface area contributed by atoms with Gasteiger partial charge in [-0.2, -0.15) is 0 Å². The van der Waals surface area contributed by atoms with E-state index in [0.29, 0.717) is 11.5 Å². The summed E-state index contributed by atoms with van der Waals surface area (Å²) in [6, 6.07) is 2.93. The van der Waals surface area contributed by atoms with E-state index >= 15 is 0 Å². The van der Waals surface area contributed by atoms with Crippen molar-refractivity contribution in [2.45, 2.75) is 30.4 Å². The van der Waals surface area contributed by atoms with E-state index in [4.69, 9.17) is 10.6 Å². The summed E-state index contributed by atoms with van der Waals surface area (Å²) in [7, 11) is 0. The number of amides is 2. The number of allylic oxidation sites excluding steroid dienone is 1. The molecule has 0 spiro atoms. The summed E-state index contributed by atoms with van der Waals surface area (Å²) < 4.78 is 0. The zero-order valence-electron chi connectivity index (χ0n) is 20.6. The van der Waals surface area contributed by atoms with Crippen LogP contribution in [-0.2, 0) is 19.2 Å². The highest BCUT2D eigenvalue weighted by atomic mass is 32.2. The number of anilines is 1. The number of nitrogens with one attached hydrogen (secondary N) is 1. The highest BCUT2D eigenvalue weighted by Crippen LogP contribution is 2.43. The monoisotopic (exact) mass is 586 g/mol. The Morgan fingerprint density at radius 3 is 3.00 bits per heavy atom. The molecule has 5 rings (SSSR count). The van der Waals surface area contributed by atoms with E-state index in [-0.39, 0.29) is 40.5 Å². The van der Waals surface area contributed by atoms with Crippen molar-refractivity contribution in [3.05, 3.63) is 58.7 Å². The number of thiazole rings is 1. The van der Waals surface area contributed by atoms with E-state index in [2.05, 4.69) is 20.4 Å². The number of nitrogens with zero attached hydrogens (tertiary/aromatic N) is 4. The molecule has 0 radical (unpaired) electrons. The van der Waals surface area contributed by atoms with Gasteiger partial charge in [-0.15, -0.1) is 34.9 Å². The molecule has 2 amide bonds. The Kier molecular flexibility index (Phi) is 8.23. The second kappa shape index (κ2) is 11.8. The quantitative estimate of drug-likeness (QED) is 0.163. The van der Waals surface area contributed by atoms with E-state index in [1.54, 1.807) is 17.8 Å². The maximum Gasteiger partial charge on any atom is 0.313 e. The third-order valence-electron chi connectivity index (χ3n) is 6.51. The molecule has 14 heteroatoms. The number of nitrogen functional groups attached to an aromatic ring is 1. The summed E-state index contributed by atoms with van der Waals surface area (Å²) in [5, 5.41) is 20.2. The number of oxime groups is 1.